The van der Waals surface area contributed by atoms with Crippen LogP contribution in [0.2, 0.25) is 0 Å². The maximum Gasteiger partial charge on any atom is 0.335 e. The predicted octanol–water partition coefficient (Wildman–Crippen LogP) is 2.20. The molecule has 1 saturated heterocycles. The lowest BCUT2D eigenvalue weighted by Gasteiger charge is -2.20. The van der Waals surface area contributed by atoms with Gasteiger partial charge in [0.25, 0.3) is 0 Å². The van der Waals surface area contributed by atoms with Crippen molar-refractivity contribution in [2.24, 2.45) is 5.92 Å². The second-order valence-electron chi connectivity index (χ2n) is 6.01. The normalized spacial score (nSPS) is 23.4. The van der Waals surface area contributed by atoms with E-state index in [9.17, 15) is 4.79 Å². The van der Waals surface area contributed by atoms with E-state index in [0.29, 0.717) is 23.6 Å². The Balaban J connectivity index is 1.87. The zero-order valence-corrected chi connectivity index (χ0v) is 12.5. The third-order valence-electron chi connectivity index (χ3n) is 4.14. The lowest BCUT2D eigenvalue weighted by Crippen LogP contribution is -2.36. The van der Waals surface area contributed by atoms with Gasteiger partial charge in [0, 0.05) is 31.7 Å². The maximum absolute atomic E-state index is 10.8. The van der Waals surface area contributed by atoms with Gasteiger partial charge in [-0.05, 0) is 37.5 Å². The molecular formula is C16H24N2O2. The fraction of sp³-hybridized carbons (Fsp3) is 0.562. The van der Waals surface area contributed by atoms with Crippen molar-refractivity contribution in [1.29, 1.82) is 0 Å². The van der Waals surface area contributed by atoms with Gasteiger partial charge in [0.05, 0.1) is 5.56 Å². The largest absolute Gasteiger partial charge is 0.478 e. The molecule has 1 aliphatic rings. The van der Waals surface area contributed by atoms with Crippen LogP contribution in [0.3, 0.4) is 0 Å². The van der Waals surface area contributed by atoms with Crippen LogP contribution in [0.15, 0.2) is 24.3 Å². The lowest BCUT2D eigenvalue weighted by molar-refractivity contribution is 0.0697. The molecule has 1 fully saturated rings. The summed E-state index contributed by atoms with van der Waals surface area (Å²) in [5.74, 6) is -0.225. The predicted molar refractivity (Wildman–Crippen MR) is 79.9 cm³/mol. The minimum Gasteiger partial charge on any atom is -0.478 e. The molecule has 0 saturated carbocycles. The topological polar surface area (TPSA) is 52.6 Å². The molecular weight excluding hydrogens is 252 g/mol. The highest BCUT2D eigenvalue weighted by Gasteiger charge is 2.30. The average molecular weight is 276 g/mol. The molecule has 1 aliphatic heterocycles. The first-order chi connectivity index (χ1) is 9.47. The van der Waals surface area contributed by atoms with Gasteiger partial charge in [0.15, 0.2) is 0 Å². The fourth-order valence-electron chi connectivity index (χ4n) is 2.71. The van der Waals surface area contributed by atoms with E-state index in [2.05, 4.69) is 31.0 Å². The summed E-state index contributed by atoms with van der Waals surface area (Å²) in [5.41, 5.74) is 1.47. The number of aromatic carboxylic acids is 1. The van der Waals surface area contributed by atoms with E-state index < -0.39 is 5.97 Å². The molecule has 0 aromatic heterocycles. The number of likely N-dealkylation sites (tertiary alicyclic amines) is 1. The third-order valence-corrected chi connectivity index (χ3v) is 4.14. The first-order valence-corrected chi connectivity index (χ1v) is 7.27. The van der Waals surface area contributed by atoms with Gasteiger partial charge in [0.2, 0.25) is 0 Å². The Morgan fingerprint density at radius 2 is 2.00 bits per heavy atom. The lowest BCUT2D eigenvalue weighted by atomic mass is 10.1. The molecule has 1 aromatic rings. The molecule has 2 N–H and O–H groups in total. The number of rotatable bonds is 5. The summed E-state index contributed by atoms with van der Waals surface area (Å²) < 4.78 is 0. The molecule has 2 atom stereocenters. The van der Waals surface area contributed by atoms with E-state index >= 15 is 0 Å². The molecule has 0 bridgehead atoms. The van der Waals surface area contributed by atoms with Crippen LogP contribution in [0.25, 0.3) is 0 Å². The van der Waals surface area contributed by atoms with Crippen LogP contribution in [0, 0.1) is 5.92 Å². The molecule has 1 heterocycles. The molecule has 0 aliphatic carbocycles. The van der Waals surface area contributed by atoms with Gasteiger partial charge in [-0.3, -0.25) is 4.90 Å². The second-order valence-corrected chi connectivity index (χ2v) is 6.01. The zero-order valence-electron chi connectivity index (χ0n) is 12.5. The summed E-state index contributed by atoms with van der Waals surface area (Å²) in [6, 6.07) is 8.21. The summed E-state index contributed by atoms with van der Waals surface area (Å²) in [6.45, 7) is 9.78. The van der Waals surface area contributed by atoms with Crippen LogP contribution in [0.4, 0.5) is 0 Å². The van der Waals surface area contributed by atoms with Crippen molar-refractivity contribution in [2.45, 2.75) is 39.4 Å². The summed E-state index contributed by atoms with van der Waals surface area (Å²) in [6.07, 6.45) is 0. The van der Waals surface area contributed by atoms with Gasteiger partial charge >= 0.3 is 5.97 Å². The smallest absolute Gasteiger partial charge is 0.335 e. The summed E-state index contributed by atoms with van der Waals surface area (Å²) in [7, 11) is 0. The molecule has 4 nitrogen and oxygen atoms in total. The number of carbonyl (C=O) groups is 1. The molecule has 0 radical (unpaired) electrons. The minimum atomic E-state index is -0.874. The Labute approximate surface area is 120 Å². The van der Waals surface area contributed by atoms with E-state index in [0.717, 1.165) is 25.2 Å². The Hall–Kier alpha value is -1.39. The van der Waals surface area contributed by atoms with E-state index in [1.807, 2.05) is 12.1 Å². The number of hydrogen-bond donors (Lipinski definition) is 2. The summed E-state index contributed by atoms with van der Waals surface area (Å²) in [5, 5.41) is 12.5. The molecule has 2 unspecified atom stereocenters. The van der Waals surface area contributed by atoms with Gasteiger partial charge in [0.1, 0.15) is 0 Å². The molecule has 2 rings (SSSR count). The highest BCUT2D eigenvalue weighted by Crippen LogP contribution is 2.19. The highest BCUT2D eigenvalue weighted by atomic mass is 16.4. The second kappa shape index (κ2) is 6.37. The van der Waals surface area contributed by atoms with Gasteiger partial charge in [-0.15, -0.1) is 0 Å². The third kappa shape index (κ3) is 3.58. The Bertz CT molecular complexity index is 456. The summed E-state index contributed by atoms with van der Waals surface area (Å²) >= 11 is 0. The number of carboxylic acid groups (broad SMARTS) is 1. The van der Waals surface area contributed by atoms with Gasteiger partial charge in [-0.2, -0.15) is 0 Å². The van der Waals surface area contributed by atoms with E-state index in [1.54, 1.807) is 12.1 Å². The quantitative estimate of drug-likeness (QED) is 0.865. The van der Waals surface area contributed by atoms with Crippen molar-refractivity contribution in [3.8, 4) is 0 Å². The van der Waals surface area contributed by atoms with Gasteiger partial charge < -0.3 is 10.4 Å². The molecule has 0 spiro atoms. The van der Waals surface area contributed by atoms with Crippen LogP contribution in [-0.4, -0.2) is 41.1 Å². The van der Waals surface area contributed by atoms with Crippen LogP contribution in [-0.2, 0) is 6.54 Å². The van der Waals surface area contributed by atoms with Crippen LogP contribution in [0.5, 0.6) is 0 Å². The standard InChI is InChI=1S/C16H24N2O2/c1-11(2)18-9-12(3)15(10-18)17-8-13-4-6-14(7-5-13)16(19)20/h4-7,11-12,15,17H,8-10H2,1-3H3,(H,19,20). The van der Waals surface area contributed by atoms with Crippen LogP contribution >= 0.6 is 0 Å². The van der Waals surface area contributed by atoms with Crippen molar-refractivity contribution in [3.05, 3.63) is 35.4 Å². The first-order valence-electron chi connectivity index (χ1n) is 7.27. The minimum absolute atomic E-state index is 0.342. The van der Waals surface area contributed by atoms with E-state index in [1.165, 1.54) is 0 Å². The zero-order chi connectivity index (χ0) is 14.7. The highest BCUT2D eigenvalue weighted by molar-refractivity contribution is 5.87. The monoisotopic (exact) mass is 276 g/mol. The SMILES string of the molecule is CC1CN(C(C)C)CC1NCc1ccc(C(=O)O)cc1. The number of benzene rings is 1. The van der Waals surface area contributed by atoms with Crippen molar-refractivity contribution in [2.75, 3.05) is 13.1 Å². The Kier molecular flexibility index (Phi) is 4.78. The van der Waals surface area contributed by atoms with Crippen molar-refractivity contribution < 1.29 is 9.90 Å². The molecule has 1 aromatic carbocycles. The number of carboxylic acids is 1. The van der Waals surface area contributed by atoms with E-state index in [4.69, 9.17) is 5.11 Å². The van der Waals surface area contributed by atoms with Gasteiger partial charge in [-0.1, -0.05) is 19.1 Å². The molecule has 110 valence electrons. The number of nitrogens with zero attached hydrogens (tertiary/aromatic N) is 1. The van der Waals surface area contributed by atoms with Crippen LogP contribution < -0.4 is 5.32 Å². The fourth-order valence-corrected chi connectivity index (χ4v) is 2.71. The van der Waals surface area contributed by atoms with Crippen LogP contribution in [0.1, 0.15) is 36.7 Å². The molecule has 20 heavy (non-hydrogen) atoms. The number of nitrogens with one attached hydrogen (secondary N) is 1. The number of hydrogen-bond acceptors (Lipinski definition) is 3. The molecule has 4 heteroatoms. The Morgan fingerprint density at radius 1 is 1.35 bits per heavy atom. The van der Waals surface area contributed by atoms with E-state index in [-0.39, 0.29) is 0 Å². The average Bonchev–Trinajstić information content (AvgIpc) is 2.78. The Morgan fingerprint density at radius 3 is 2.50 bits per heavy atom. The van der Waals surface area contributed by atoms with Crippen molar-refractivity contribution in [1.82, 2.24) is 10.2 Å². The molecule has 0 amide bonds. The first kappa shape index (κ1) is 15.0. The van der Waals surface area contributed by atoms with Gasteiger partial charge in [-0.25, -0.2) is 4.79 Å². The van der Waals surface area contributed by atoms with Crippen molar-refractivity contribution in [3.63, 3.8) is 0 Å². The maximum atomic E-state index is 10.8. The van der Waals surface area contributed by atoms with Crippen molar-refractivity contribution >= 4 is 5.97 Å². The summed E-state index contributed by atoms with van der Waals surface area (Å²) in [4.78, 5) is 13.3.